The van der Waals surface area contributed by atoms with Gasteiger partial charge < -0.3 is 39.9 Å². The summed E-state index contributed by atoms with van der Waals surface area (Å²) in [5.74, 6) is -0.734. The number of likely N-dealkylation sites (N-methyl/N-ethyl adjacent to an activating group) is 2. The molecule has 0 radical (unpaired) electrons. The minimum absolute atomic E-state index is 0.00694. The number of benzene rings is 1. The molecule has 13 heteroatoms. The second-order valence-electron chi connectivity index (χ2n) is 9.61. The van der Waals surface area contributed by atoms with Crippen molar-refractivity contribution in [3.63, 3.8) is 0 Å². The maximum absolute atomic E-state index is 14.5. The average Bonchev–Trinajstić information content (AvgIpc) is 2.94. The lowest BCUT2D eigenvalue weighted by Gasteiger charge is -2.40. The highest BCUT2D eigenvalue weighted by molar-refractivity contribution is 5.92. The van der Waals surface area contributed by atoms with Gasteiger partial charge in [0.2, 0.25) is 11.8 Å². The van der Waals surface area contributed by atoms with E-state index in [1.165, 1.54) is 18.2 Å². The minimum Gasteiger partial charge on any atom is -0.468 e. The fraction of sp³-hybridized carbons (Fsp3) is 0.607. The Labute approximate surface area is 241 Å². The van der Waals surface area contributed by atoms with E-state index >= 15 is 0 Å². The lowest BCUT2D eigenvalue weighted by molar-refractivity contribution is -0.419. The molecule has 0 saturated carbocycles. The third kappa shape index (κ3) is 13.0. The quantitative estimate of drug-likeness (QED) is 0.196. The number of nitrogens with one attached hydrogen (secondary N) is 1. The molecule has 1 aromatic rings. The number of likely N-dealkylation sites (tertiary alicyclic amines) is 1. The summed E-state index contributed by atoms with van der Waals surface area (Å²) >= 11 is 0. The van der Waals surface area contributed by atoms with Crippen molar-refractivity contribution in [2.45, 2.75) is 58.8 Å². The van der Waals surface area contributed by atoms with Gasteiger partial charge in [0.05, 0.1) is 12.6 Å². The largest absolute Gasteiger partial charge is 0.468 e. The summed E-state index contributed by atoms with van der Waals surface area (Å²) < 4.78 is 23.3. The number of nitrogens with zero attached hydrogens (tertiary/aromatic N) is 3. The summed E-state index contributed by atoms with van der Waals surface area (Å²) in [7, 11) is 3.65. The van der Waals surface area contributed by atoms with Crippen LogP contribution in [0.1, 0.15) is 45.6 Å². The van der Waals surface area contributed by atoms with E-state index in [9.17, 15) is 18.8 Å². The fourth-order valence-corrected chi connectivity index (χ4v) is 4.23. The molecule has 232 valence electrons. The monoisotopic (exact) mass is 584 g/mol. The van der Waals surface area contributed by atoms with Gasteiger partial charge in [-0.15, -0.1) is 0 Å². The number of carbonyl (C=O) groups is 3. The van der Waals surface area contributed by atoms with Crippen molar-refractivity contribution in [1.82, 2.24) is 20.0 Å². The standard InChI is InChI=1S/C19H28FN3O5.C6H11NO.C3H6O2/c1-21-9-11-22(12-10-21)18(24)16-6-2-3-8-23(16)13-14-15(20)5-4-7-17(14)28-19(25,26)27;1-4-5(2)6(8)7-3;1-2-5-3-4/h4-5,7,16,25-27H,2-3,6,8-13H2,1H3;4H,1-3H3,(H,7,8);3H,2H2,1H3/b;5-4+;. The first kappa shape index (κ1) is 35.9. The molecule has 41 heavy (non-hydrogen) atoms. The zero-order chi connectivity index (χ0) is 31.0. The van der Waals surface area contributed by atoms with Crippen molar-refractivity contribution in [3.05, 3.63) is 41.2 Å². The van der Waals surface area contributed by atoms with Gasteiger partial charge in [-0.05, 0) is 59.3 Å². The van der Waals surface area contributed by atoms with Gasteiger partial charge in [0.1, 0.15) is 11.6 Å². The van der Waals surface area contributed by atoms with E-state index in [0.29, 0.717) is 39.1 Å². The van der Waals surface area contributed by atoms with Crippen LogP contribution in [0.5, 0.6) is 5.75 Å². The van der Waals surface area contributed by atoms with E-state index in [0.717, 1.165) is 31.5 Å². The second kappa shape index (κ2) is 18.4. The number of ether oxygens (including phenoxy) is 2. The van der Waals surface area contributed by atoms with Crippen molar-refractivity contribution in [1.29, 1.82) is 0 Å². The Morgan fingerprint density at radius 3 is 2.29 bits per heavy atom. The number of carbonyl (C=O) groups excluding carboxylic acids is 3. The number of allylic oxidation sites excluding steroid dienone is 1. The molecule has 0 bridgehead atoms. The van der Waals surface area contributed by atoms with Crippen LogP contribution >= 0.6 is 0 Å². The number of piperidine rings is 1. The Bertz CT molecular complexity index is 994. The smallest absolute Gasteiger partial charge is 0.453 e. The minimum atomic E-state index is -3.40. The van der Waals surface area contributed by atoms with Crippen LogP contribution in [0.25, 0.3) is 0 Å². The van der Waals surface area contributed by atoms with Gasteiger partial charge in [0.25, 0.3) is 6.47 Å². The Kier molecular flexibility index (Phi) is 16.1. The molecule has 1 unspecified atom stereocenters. The number of aliphatic hydroxyl groups is 3. The van der Waals surface area contributed by atoms with Crippen LogP contribution in [0.4, 0.5) is 4.39 Å². The number of halogens is 1. The van der Waals surface area contributed by atoms with E-state index in [1.54, 1.807) is 27.0 Å². The summed E-state index contributed by atoms with van der Waals surface area (Å²) in [4.78, 5) is 38.8. The lowest BCUT2D eigenvalue weighted by Crippen LogP contribution is -2.55. The highest BCUT2D eigenvalue weighted by Crippen LogP contribution is 2.29. The van der Waals surface area contributed by atoms with Gasteiger partial charge in [0.15, 0.2) is 0 Å². The van der Waals surface area contributed by atoms with Gasteiger partial charge in [-0.3, -0.25) is 19.3 Å². The molecule has 2 heterocycles. The topological polar surface area (TPSA) is 152 Å². The van der Waals surface area contributed by atoms with Gasteiger partial charge in [-0.1, -0.05) is 18.6 Å². The van der Waals surface area contributed by atoms with Gasteiger partial charge in [-0.25, -0.2) is 4.39 Å². The van der Waals surface area contributed by atoms with Crippen molar-refractivity contribution in [2.24, 2.45) is 0 Å². The maximum Gasteiger partial charge on any atom is 0.453 e. The van der Waals surface area contributed by atoms with Crippen LogP contribution < -0.4 is 10.1 Å². The number of hydrogen-bond acceptors (Lipinski definition) is 10. The molecule has 3 rings (SSSR count). The molecule has 2 aliphatic rings. The molecular formula is C28H45FN4O8. The predicted octanol–water partition coefficient (Wildman–Crippen LogP) is 0.799. The Morgan fingerprint density at radius 1 is 1.15 bits per heavy atom. The molecule has 2 saturated heterocycles. The first-order valence-electron chi connectivity index (χ1n) is 13.6. The first-order chi connectivity index (χ1) is 19.4. The molecule has 0 aliphatic carbocycles. The van der Waals surface area contributed by atoms with Gasteiger partial charge in [0, 0.05) is 50.9 Å². The van der Waals surface area contributed by atoms with Gasteiger partial charge >= 0.3 is 6.16 Å². The molecule has 0 spiro atoms. The summed E-state index contributed by atoms with van der Waals surface area (Å²) in [6.45, 7) is 9.99. The Balaban J connectivity index is 0.000000539. The van der Waals surface area contributed by atoms with E-state index in [2.05, 4.69) is 19.7 Å². The summed E-state index contributed by atoms with van der Waals surface area (Å²) in [6, 6.07) is 3.57. The Morgan fingerprint density at radius 2 is 1.80 bits per heavy atom. The SMILES string of the molecule is C/C=C(\C)C(=O)NC.CCOC=O.CN1CCN(C(=O)C2CCCCN2Cc2c(F)cccc2OC(O)(O)O)CC1. The van der Waals surface area contributed by atoms with E-state index in [4.69, 9.17) is 15.3 Å². The fourth-order valence-electron chi connectivity index (χ4n) is 4.23. The third-order valence-electron chi connectivity index (χ3n) is 6.65. The maximum atomic E-state index is 14.5. The molecule has 2 amide bonds. The number of rotatable bonds is 8. The van der Waals surface area contributed by atoms with Crippen molar-refractivity contribution < 1.29 is 43.6 Å². The molecule has 2 fully saturated rings. The molecule has 1 atom stereocenters. The number of piperazine rings is 1. The highest BCUT2D eigenvalue weighted by Gasteiger charge is 2.34. The molecule has 2 aliphatic heterocycles. The summed E-state index contributed by atoms with van der Waals surface area (Å²) in [6.07, 6.45) is 0.882. The van der Waals surface area contributed by atoms with Crippen molar-refractivity contribution >= 4 is 18.3 Å². The van der Waals surface area contributed by atoms with E-state index in [-0.39, 0.29) is 35.7 Å². The molecule has 12 nitrogen and oxygen atoms in total. The van der Waals surface area contributed by atoms with E-state index < -0.39 is 12.0 Å². The molecule has 4 N–H and O–H groups in total. The van der Waals surface area contributed by atoms with Crippen LogP contribution in [0, 0.1) is 5.82 Å². The van der Waals surface area contributed by atoms with Crippen LogP contribution in [0.15, 0.2) is 29.8 Å². The van der Waals surface area contributed by atoms with Crippen LogP contribution in [0.3, 0.4) is 0 Å². The average molecular weight is 585 g/mol. The first-order valence-corrected chi connectivity index (χ1v) is 13.6. The van der Waals surface area contributed by atoms with Crippen molar-refractivity contribution in [2.75, 3.05) is 53.4 Å². The van der Waals surface area contributed by atoms with E-state index in [1.807, 2.05) is 23.8 Å². The Hall–Kier alpha value is -3.10. The zero-order valence-corrected chi connectivity index (χ0v) is 24.6. The molecular weight excluding hydrogens is 539 g/mol. The molecule has 0 aromatic heterocycles. The zero-order valence-electron chi connectivity index (χ0n) is 24.6. The summed E-state index contributed by atoms with van der Waals surface area (Å²) in [5.41, 5.74) is 0.828. The third-order valence-corrected chi connectivity index (χ3v) is 6.65. The highest BCUT2D eigenvalue weighted by atomic mass is 19.1. The van der Waals surface area contributed by atoms with Gasteiger partial charge in [-0.2, -0.15) is 0 Å². The second-order valence-corrected chi connectivity index (χ2v) is 9.61. The van der Waals surface area contributed by atoms with Crippen LogP contribution in [-0.4, -0.2) is 114 Å². The lowest BCUT2D eigenvalue weighted by atomic mass is 9.99. The predicted molar refractivity (Wildman–Crippen MR) is 150 cm³/mol. The summed E-state index contributed by atoms with van der Waals surface area (Å²) in [5, 5.41) is 29.8. The molecule has 1 aromatic carbocycles. The number of amides is 2. The van der Waals surface area contributed by atoms with Crippen molar-refractivity contribution in [3.8, 4) is 5.75 Å². The van der Waals surface area contributed by atoms with Crippen LogP contribution in [-0.2, 0) is 25.7 Å². The van der Waals surface area contributed by atoms with Crippen LogP contribution in [0.2, 0.25) is 0 Å². The normalized spacial score (nSPS) is 18.2. The number of hydrogen-bond donors (Lipinski definition) is 4.